The predicted molar refractivity (Wildman–Crippen MR) is 87.8 cm³/mol. The van der Waals surface area contributed by atoms with Crippen molar-refractivity contribution < 1.29 is 0 Å². The first-order valence-electron chi connectivity index (χ1n) is 6.96. The third-order valence-electron chi connectivity index (χ3n) is 3.71. The van der Waals surface area contributed by atoms with Crippen LogP contribution >= 0.6 is 11.8 Å². The summed E-state index contributed by atoms with van der Waals surface area (Å²) >= 11 is 1.81. The fraction of sp³-hybridized carbons (Fsp3) is 0.118. The van der Waals surface area contributed by atoms with E-state index in [0.29, 0.717) is 0 Å². The summed E-state index contributed by atoms with van der Waals surface area (Å²) < 4.78 is 0. The second-order valence-corrected chi connectivity index (χ2v) is 6.11. The van der Waals surface area contributed by atoms with Crippen LogP contribution in [0.2, 0.25) is 0 Å². The molecule has 0 radical (unpaired) electrons. The first kappa shape index (κ1) is 12.5. The van der Waals surface area contributed by atoms with Gasteiger partial charge in [0.05, 0.1) is 0 Å². The van der Waals surface area contributed by atoms with Crippen molar-refractivity contribution in [2.24, 2.45) is 0 Å². The zero-order valence-electron chi connectivity index (χ0n) is 11.4. The van der Waals surface area contributed by atoms with Gasteiger partial charge in [0.2, 0.25) is 0 Å². The van der Waals surface area contributed by atoms with E-state index in [1.54, 1.807) is 0 Å². The third kappa shape index (κ3) is 2.43. The summed E-state index contributed by atoms with van der Waals surface area (Å²) in [6.45, 7) is 0. The fourth-order valence-corrected chi connectivity index (χ4v) is 3.62. The van der Waals surface area contributed by atoms with Crippen molar-refractivity contribution in [3.63, 3.8) is 0 Å². The maximum absolute atomic E-state index is 4.19. The average molecular weight is 293 g/mol. The number of H-pyrrole nitrogens is 1. The minimum absolute atomic E-state index is 0.277. The van der Waals surface area contributed by atoms with Crippen molar-refractivity contribution in [2.45, 2.75) is 11.8 Å². The van der Waals surface area contributed by atoms with E-state index in [9.17, 15) is 0 Å². The van der Waals surface area contributed by atoms with E-state index in [-0.39, 0.29) is 5.37 Å². The summed E-state index contributed by atoms with van der Waals surface area (Å²) in [7, 11) is 0. The second kappa shape index (κ2) is 5.30. The molecular formula is C17H15N3S. The van der Waals surface area contributed by atoms with Gasteiger partial charge in [-0.05, 0) is 23.1 Å². The van der Waals surface area contributed by atoms with Gasteiger partial charge in [-0.25, -0.2) is 0 Å². The van der Waals surface area contributed by atoms with Gasteiger partial charge in [0.1, 0.15) is 5.37 Å². The molecule has 1 aliphatic heterocycles. The molecular weight excluding hydrogens is 278 g/mol. The molecule has 1 aliphatic rings. The maximum Gasteiger partial charge on any atom is 0.103 e. The molecule has 1 atom stereocenters. The molecule has 0 amide bonds. The molecule has 1 aromatic carbocycles. The Labute approximate surface area is 127 Å². The van der Waals surface area contributed by atoms with Crippen LogP contribution in [0.3, 0.4) is 0 Å². The number of rotatable bonds is 3. The lowest BCUT2D eigenvalue weighted by atomic mass is 10.1. The summed E-state index contributed by atoms with van der Waals surface area (Å²) in [5, 5.41) is 7.38. The molecule has 0 fully saturated rings. The normalized spacial score (nSPS) is 17.7. The van der Waals surface area contributed by atoms with Crippen LogP contribution in [-0.4, -0.2) is 9.97 Å². The van der Waals surface area contributed by atoms with E-state index in [1.165, 1.54) is 27.7 Å². The Balaban J connectivity index is 1.52. The molecule has 4 rings (SSSR count). The SMILES string of the molecule is C1=C(Cc2c[nH]c3ccccc23)NC(c2cccnc2)S1. The van der Waals surface area contributed by atoms with Crippen LogP contribution in [0.5, 0.6) is 0 Å². The third-order valence-corrected chi connectivity index (χ3v) is 4.79. The molecule has 0 aliphatic carbocycles. The van der Waals surface area contributed by atoms with Gasteiger partial charge in [0, 0.05) is 47.2 Å². The smallest absolute Gasteiger partial charge is 0.103 e. The standard InChI is InChI=1S/C17H15N3S/c1-2-6-16-15(5-1)13(10-19-16)8-14-11-21-17(20-14)12-4-3-7-18-9-12/h1-7,9-11,17,19-20H,8H2. The molecule has 1 unspecified atom stereocenters. The number of nitrogens with zero attached hydrogens (tertiary/aromatic N) is 1. The Morgan fingerprint density at radius 2 is 2.10 bits per heavy atom. The largest absolute Gasteiger partial charge is 0.372 e. The monoisotopic (exact) mass is 293 g/mol. The lowest BCUT2D eigenvalue weighted by Gasteiger charge is -2.12. The Morgan fingerprint density at radius 1 is 1.14 bits per heavy atom. The van der Waals surface area contributed by atoms with Crippen molar-refractivity contribution in [1.29, 1.82) is 0 Å². The zero-order chi connectivity index (χ0) is 14.1. The zero-order valence-corrected chi connectivity index (χ0v) is 12.2. The van der Waals surface area contributed by atoms with Gasteiger partial charge in [0.25, 0.3) is 0 Å². The van der Waals surface area contributed by atoms with Crippen LogP contribution in [0.1, 0.15) is 16.5 Å². The fourth-order valence-electron chi connectivity index (χ4n) is 2.66. The first-order valence-corrected chi connectivity index (χ1v) is 7.90. The molecule has 3 heterocycles. The van der Waals surface area contributed by atoms with Crippen molar-refractivity contribution in [1.82, 2.24) is 15.3 Å². The second-order valence-electron chi connectivity index (χ2n) is 5.13. The Hall–Kier alpha value is -2.20. The predicted octanol–water partition coefficient (Wildman–Crippen LogP) is 3.98. The van der Waals surface area contributed by atoms with Gasteiger partial charge in [-0.3, -0.25) is 4.98 Å². The van der Waals surface area contributed by atoms with Gasteiger partial charge in [-0.2, -0.15) is 0 Å². The van der Waals surface area contributed by atoms with E-state index in [2.05, 4.69) is 57.2 Å². The number of hydrogen-bond acceptors (Lipinski definition) is 3. The van der Waals surface area contributed by atoms with Crippen LogP contribution in [-0.2, 0) is 6.42 Å². The summed E-state index contributed by atoms with van der Waals surface area (Å²) in [6, 6.07) is 12.5. The Bertz CT molecular complexity index is 792. The van der Waals surface area contributed by atoms with Crippen molar-refractivity contribution in [3.05, 3.63) is 77.2 Å². The molecule has 2 aromatic heterocycles. The summed E-state index contributed by atoms with van der Waals surface area (Å²) in [6.07, 6.45) is 6.76. The van der Waals surface area contributed by atoms with Gasteiger partial charge < -0.3 is 10.3 Å². The Morgan fingerprint density at radius 3 is 3.00 bits per heavy atom. The molecule has 0 spiro atoms. The molecule has 104 valence electrons. The topological polar surface area (TPSA) is 40.7 Å². The number of aromatic nitrogens is 2. The number of benzene rings is 1. The van der Waals surface area contributed by atoms with E-state index in [1.807, 2.05) is 30.2 Å². The highest BCUT2D eigenvalue weighted by atomic mass is 32.2. The van der Waals surface area contributed by atoms with Crippen LogP contribution < -0.4 is 5.32 Å². The Kier molecular flexibility index (Phi) is 3.16. The molecule has 21 heavy (non-hydrogen) atoms. The minimum atomic E-state index is 0.277. The lowest BCUT2D eigenvalue weighted by Crippen LogP contribution is -2.14. The average Bonchev–Trinajstić information content (AvgIpc) is 3.17. The van der Waals surface area contributed by atoms with Crippen molar-refractivity contribution in [2.75, 3.05) is 0 Å². The van der Waals surface area contributed by atoms with Crippen LogP contribution in [0.15, 0.2) is 66.1 Å². The number of fused-ring (bicyclic) bond motifs is 1. The summed E-state index contributed by atoms with van der Waals surface area (Å²) in [4.78, 5) is 7.52. The van der Waals surface area contributed by atoms with E-state index in [0.717, 1.165) is 6.42 Å². The first-order chi connectivity index (χ1) is 10.4. The van der Waals surface area contributed by atoms with Gasteiger partial charge in [0.15, 0.2) is 0 Å². The molecule has 3 aromatic rings. The van der Waals surface area contributed by atoms with Crippen LogP contribution in [0.25, 0.3) is 10.9 Å². The highest BCUT2D eigenvalue weighted by Crippen LogP contribution is 2.35. The summed E-state index contributed by atoms with van der Waals surface area (Å²) in [5.74, 6) is 0. The molecule has 2 N–H and O–H groups in total. The maximum atomic E-state index is 4.19. The molecule has 0 saturated carbocycles. The number of allylic oxidation sites excluding steroid dienone is 1. The van der Waals surface area contributed by atoms with Gasteiger partial charge in [-0.1, -0.05) is 24.3 Å². The highest BCUT2D eigenvalue weighted by Gasteiger charge is 2.19. The number of aromatic amines is 1. The molecule has 3 nitrogen and oxygen atoms in total. The number of nitrogens with one attached hydrogen (secondary N) is 2. The van der Waals surface area contributed by atoms with Crippen molar-refractivity contribution >= 4 is 22.7 Å². The van der Waals surface area contributed by atoms with Crippen LogP contribution in [0.4, 0.5) is 0 Å². The quantitative estimate of drug-likeness (QED) is 0.767. The van der Waals surface area contributed by atoms with E-state index in [4.69, 9.17) is 0 Å². The van der Waals surface area contributed by atoms with E-state index < -0.39 is 0 Å². The number of hydrogen-bond donors (Lipinski definition) is 2. The number of para-hydroxylation sites is 1. The van der Waals surface area contributed by atoms with Crippen molar-refractivity contribution in [3.8, 4) is 0 Å². The minimum Gasteiger partial charge on any atom is -0.372 e. The highest BCUT2D eigenvalue weighted by molar-refractivity contribution is 8.02. The molecule has 0 bridgehead atoms. The molecule has 4 heteroatoms. The number of pyridine rings is 1. The molecule has 0 saturated heterocycles. The lowest BCUT2D eigenvalue weighted by molar-refractivity contribution is 0.781. The number of thioether (sulfide) groups is 1. The van der Waals surface area contributed by atoms with E-state index >= 15 is 0 Å². The van der Waals surface area contributed by atoms with Gasteiger partial charge in [-0.15, -0.1) is 11.8 Å². The van der Waals surface area contributed by atoms with Crippen LogP contribution in [0, 0.1) is 0 Å². The summed E-state index contributed by atoms with van der Waals surface area (Å²) in [5.41, 5.74) is 5.01. The van der Waals surface area contributed by atoms with Gasteiger partial charge >= 0.3 is 0 Å².